The van der Waals surface area contributed by atoms with Gasteiger partial charge < -0.3 is 4.90 Å². The molecule has 4 heteroatoms. The minimum absolute atomic E-state index is 0.162. The molecule has 1 amide bonds. The fraction of sp³-hybridized carbons (Fsp3) is 0.478. The van der Waals surface area contributed by atoms with E-state index in [0.29, 0.717) is 12.0 Å². The smallest absolute Gasteiger partial charge is 0.253 e. The largest absolute Gasteiger partial charge is 0.337 e. The standard InChI is InChI=1S/C23H29N3O/c27-23(20-8-2-1-3-9-20)26-15-14-25(22-11-4-5-12-22)17-19(18-26)16-21-10-6-7-13-24-21/h1-3,6-10,13,19,22H,4-5,11-12,14-18H2. The lowest BCUT2D eigenvalue weighted by Gasteiger charge is -2.29. The van der Waals surface area contributed by atoms with Crippen LogP contribution in [0.15, 0.2) is 54.7 Å². The van der Waals surface area contributed by atoms with Crippen LogP contribution in [0.25, 0.3) is 0 Å². The van der Waals surface area contributed by atoms with E-state index in [1.54, 1.807) is 0 Å². The van der Waals surface area contributed by atoms with Crippen molar-refractivity contribution in [1.29, 1.82) is 0 Å². The summed E-state index contributed by atoms with van der Waals surface area (Å²) in [6.07, 6.45) is 8.11. The second-order valence-corrected chi connectivity index (χ2v) is 7.94. The zero-order valence-corrected chi connectivity index (χ0v) is 16.0. The fourth-order valence-electron chi connectivity index (χ4n) is 4.63. The number of carbonyl (C=O) groups excluding carboxylic acids is 1. The molecule has 1 unspecified atom stereocenters. The topological polar surface area (TPSA) is 36.4 Å². The number of rotatable bonds is 4. The first-order valence-electron chi connectivity index (χ1n) is 10.3. The average Bonchev–Trinajstić information content (AvgIpc) is 3.17. The second-order valence-electron chi connectivity index (χ2n) is 7.94. The van der Waals surface area contributed by atoms with E-state index >= 15 is 0 Å². The molecule has 0 N–H and O–H groups in total. The number of amides is 1. The summed E-state index contributed by atoms with van der Waals surface area (Å²) in [6.45, 7) is 3.69. The minimum Gasteiger partial charge on any atom is -0.337 e. The Balaban J connectivity index is 1.52. The molecular formula is C23H29N3O. The fourth-order valence-corrected chi connectivity index (χ4v) is 4.63. The molecule has 0 spiro atoms. The van der Waals surface area contributed by atoms with Gasteiger partial charge in [-0.25, -0.2) is 0 Å². The van der Waals surface area contributed by atoms with Crippen molar-refractivity contribution < 1.29 is 4.79 Å². The quantitative estimate of drug-likeness (QED) is 0.832. The van der Waals surface area contributed by atoms with Crippen LogP contribution in [0.5, 0.6) is 0 Å². The number of carbonyl (C=O) groups is 1. The van der Waals surface area contributed by atoms with Crippen molar-refractivity contribution in [1.82, 2.24) is 14.8 Å². The van der Waals surface area contributed by atoms with Gasteiger partial charge in [0.15, 0.2) is 0 Å². The first-order chi connectivity index (χ1) is 13.3. The van der Waals surface area contributed by atoms with Gasteiger partial charge in [0.2, 0.25) is 0 Å². The van der Waals surface area contributed by atoms with E-state index < -0.39 is 0 Å². The lowest BCUT2D eigenvalue weighted by Crippen LogP contribution is -2.38. The summed E-state index contributed by atoms with van der Waals surface area (Å²) in [5.74, 6) is 0.588. The van der Waals surface area contributed by atoms with Crippen LogP contribution in [-0.2, 0) is 6.42 Å². The van der Waals surface area contributed by atoms with E-state index in [0.717, 1.165) is 43.9 Å². The molecule has 4 rings (SSSR count). The summed E-state index contributed by atoms with van der Waals surface area (Å²) in [5.41, 5.74) is 1.92. The summed E-state index contributed by atoms with van der Waals surface area (Å²) < 4.78 is 0. The van der Waals surface area contributed by atoms with Crippen LogP contribution in [0.4, 0.5) is 0 Å². The Morgan fingerprint density at radius 3 is 2.48 bits per heavy atom. The van der Waals surface area contributed by atoms with Gasteiger partial charge in [0.25, 0.3) is 5.91 Å². The van der Waals surface area contributed by atoms with Crippen LogP contribution in [-0.4, -0.2) is 52.9 Å². The lowest BCUT2D eigenvalue weighted by atomic mass is 10.0. The predicted molar refractivity (Wildman–Crippen MR) is 108 cm³/mol. The maximum Gasteiger partial charge on any atom is 0.253 e. The molecule has 0 bridgehead atoms. The molecule has 1 saturated carbocycles. The van der Waals surface area contributed by atoms with Crippen LogP contribution in [0.3, 0.4) is 0 Å². The molecule has 2 aliphatic rings. The Labute approximate surface area is 162 Å². The summed E-state index contributed by atoms with van der Waals surface area (Å²) in [5, 5.41) is 0. The molecule has 27 heavy (non-hydrogen) atoms. The van der Waals surface area contributed by atoms with Crippen molar-refractivity contribution in [3.05, 3.63) is 66.0 Å². The van der Waals surface area contributed by atoms with E-state index in [1.165, 1.54) is 25.7 Å². The Morgan fingerprint density at radius 1 is 0.963 bits per heavy atom. The molecule has 1 saturated heterocycles. The van der Waals surface area contributed by atoms with Gasteiger partial charge in [-0.05, 0) is 49.4 Å². The van der Waals surface area contributed by atoms with Crippen LogP contribution in [0.2, 0.25) is 0 Å². The first kappa shape index (κ1) is 18.2. The average molecular weight is 364 g/mol. The van der Waals surface area contributed by atoms with Gasteiger partial charge in [-0.3, -0.25) is 14.7 Å². The molecule has 2 heterocycles. The van der Waals surface area contributed by atoms with Crippen molar-refractivity contribution in [2.24, 2.45) is 5.92 Å². The molecule has 2 aromatic rings. The molecule has 1 aliphatic heterocycles. The predicted octanol–water partition coefficient (Wildman–Crippen LogP) is 3.64. The van der Waals surface area contributed by atoms with Crippen LogP contribution in [0, 0.1) is 5.92 Å². The third-order valence-electron chi connectivity index (χ3n) is 6.00. The van der Waals surface area contributed by atoms with E-state index in [1.807, 2.05) is 42.6 Å². The molecule has 142 valence electrons. The lowest BCUT2D eigenvalue weighted by molar-refractivity contribution is 0.0744. The molecule has 0 radical (unpaired) electrons. The maximum absolute atomic E-state index is 13.1. The summed E-state index contributed by atoms with van der Waals surface area (Å²) in [4.78, 5) is 22.3. The highest BCUT2D eigenvalue weighted by molar-refractivity contribution is 5.94. The SMILES string of the molecule is O=C(c1ccccc1)N1CCN(C2CCCC2)CC(Cc2ccccn2)C1. The summed E-state index contributed by atoms with van der Waals surface area (Å²) in [6, 6.07) is 16.5. The van der Waals surface area contributed by atoms with E-state index in [4.69, 9.17) is 0 Å². The molecule has 1 aromatic carbocycles. The molecule has 1 aromatic heterocycles. The van der Waals surface area contributed by atoms with Gasteiger partial charge in [-0.15, -0.1) is 0 Å². The summed E-state index contributed by atoms with van der Waals surface area (Å²) >= 11 is 0. The van der Waals surface area contributed by atoms with Gasteiger partial charge in [0.1, 0.15) is 0 Å². The number of hydrogen-bond acceptors (Lipinski definition) is 3. The van der Waals surface area contributed by atoms with Gasteiger partial charge in [-0.1, -0.05) is 37.1 Å². The highest BCUT2D eigenvalue weighted by Gasteiger charge is 2.31. The zero-order chi connectivity index (χ0) is 18.5. The Morgan fingerprint density at radius 2 is 1.74 bits per heavy atom. The van der Waals surface area contributed by atoms with Crippen molar-refractivity contribution in [2.75, 3.05) is 26.2 Å². The Bertz CT molecular complexity index is 728. The van der Waals surface area contributed by atoms with E-state index in [9.17, 15) is 4.79 Å². The number of aromatic nitrogens is 1. The van der Waals surface area contributed by atoms with Crippen LogP contribution >= 0.6 is 0 Å². The third-order valence-corrected chi connectivity index (χ3v) is 6.00. The van der Waals surface area contributed by atoms with Gasteiger partial charge in [0.05, 0.1) is 0 Å². The number of pyridine rings is 1. The molecule has 1 aliphatic carbocycles. The van der Waals surface area contributed by atoms with Crippen LogP contribution in [0.1, 0.15) is 41.7 Å². The number of nitrogens with zero attached hydrogens (tertiary/aromatic N) is 3. The maximum atomic E-state index is 13.1. The Hall–Kier alpha value is -2.20. The Kier molecular flexibility index (Phi) is 5.83. The van der Waals surface area contributed by atoms with Crippen molar-refractivity contribution >= 4 is 5.91 Å². The van der Waals surface area contributed by atoms with Gasteiger partial charge in [-0.2, -0.15) is 0 Å². The van der Waals surface area contributed by atoms with Crippen LogP contribution < -0.4 is 0 Å². The summed E-state index contributed by atoms with van der Waals surface area (Å²) in [7, 11) is 0. The van der Waals surface area contributed by atoms with Crippen molar-refractivity contribution in [3.8, 4) is 0 Å². The normalized spacial score (nSPS) is 21.9. The first-order valence-corrected chi connectivity index (χ1v) is 10.3. The van der Waals surface area contributed by atoms with Crippen molar-refractivity contribution in [2.45, 2.75) is 38.1 Å². The zero-order valence-electron chi connectivity index (χ0n) is 16.0. The highest BCUT2D eigenvalue weighted by Crippen LogP contribution is 2.26. The second kappa shape index (κ2) is 8.66. The molecule has 1 atom stereocenters. The number of hydrogen-bond donors (Lipinski definition) is 0. The van der Waals surface area contributed by atoms with Gasteiger partial charge >= 0.3 is 0 Å². The van der Waals surface area contributed by atoms with Gasteiger partial charge in [0, 0.05) is 49.7 Å². The molecule has 2 fully saturated rings. The third kappa shape index (κ3) is 4.56. The van der Waals surface area contributed by atoms with Crippen molar-refractivity contribution in [3.63, 3.8) is 0 Å². The van der Waals surface area contributed by atoms with E-state index in [-0.39, 0.29) is 5.91 Å². The number of benzene rings is 1. The molecular weight excluding hydrogens is 334 g/mol. The molecule has 4 nitrogen and oxygen atoms in total. The highest BCUT2D eigenvalue weighted by atomic mass is 16.2. The monoisotopic (exact) mass is 363 g/mol. The van der Waals surface area contributed by atoms with E-state index in [2.05, 4.69) is 26.9 Å². The minimum atomic E-state index is 0.162.